The van der Waals surface area contributed by atoms with Crippen molar-refractivity contribution < 1.29 is 18.3 Å². The van der Waals surface area contributed by atoms with Crippen molar-refractivity contribution in [2.75, 3.05) is 13.1 Å². The maximum absolute atomic E-state index is 13.8. The average molecular weight is 449 g/mol. The Hall–Kier alpha value is -2.51. The molecule has 1 aliphatic rings. The van der Waals surface area contributed by atoms with Gasteiger partial charge in [-0.1, -0.05) is 23.7 Å². The van der Waals surface area contributed by atoms with E-state index in [2.05, 4.69) is 4.98 Å². The van der Waals surface area contributed by atoms with Crippen molar-refractivity contribution in [3.8, 4) is 16.3 Å². The van der Waals surface area contributed by atoms with Crippen LogP contribution in [0.25, 0.3) is 10.6 Å². The fourth-order valence-electron chi connectivity index (χ4n) is 3.38. The van der Waals surface area contributed by atoms with Gasteiger partial charge in [-0.2, -0.15) is 0 Å². The third-order valence-corrected chi connectivity index (χ3v) is 6.45. The van der Waals surface area contributed by atoms with E-state index in [0.29, 0.717) is 41.5 Å². The second-order valence-electron chi connectivity index (χ2n) is 7.12. The van der Waals surface area contributed by atoms with Gasteiger partial charge >= 0.3 is 0 Å². The lowest BCUT2D eigenvalue weighted by Gasteiger charge is -2.32. The maximum atomic E-state index is 13.8. The Labute approximate surface area is 182 Å². The van der Waals surface area contributed by atoms with Crippen molar-refractivity contribution in [1.29, 1.82) is 0 Å². The van der Waals surface area contributed by atoms with Gasteiger partial charge in [-0.3, -0.25) is 4.79 Å². The standard InChI is InChI=1S/C22H19ClF2N2O2S/c1-13-20(30-21(26-13)14-2-4-15(23)5-3-14)22(28)27-10-8-17(9-11-27)29-19-7-6-16(24)12-18(19)25/h2-7,12,17H,8-11H2,1H3. The quantitative estimate of drug-likeness (QED) is 0.511. The van der Waals surface area contributed by atoms with Crippen molar-refractivity contribution in [1.82, 2.24) is 9.88 Å². The van der Waals surface area contributed by atoms with E-state index in [9.17, 15) is 13.6 Å². The van der Waals surface area contributed by atoms with Crippen LogP contribution < -0.4 is 4.74 Å². The van der Waals surface area contributed by atoms with Crippen molar-refractivity contribution >= 4 is 28.8 Å². The Balaban J connectivity index is 1.40. The zero-order chi connectivity index (χ0) is 21.3. The number of carbonyl (C=O) groups is 1. The highest BCUT2D eigenvalue weighted by Crippen LogP contribution is 2.30. The largest absolute Gasteiger partial charge is 0.487 e. The number of nitrogens with zero attached hydrogens (tertiary/aromatic N) is 2. The molecule has 1 fully saturated rings. The number of aromatic nitrogens is 1. The molecule has 0 bridgehead atoms. The first kappa shape index (κ1) is 20.8. The van der Waals surface area contributed by atoms with Crippen molar-refractivity contribution in [3.63, 3.8) is 0 Å². The van der Waals surface area contributed by atoms with E-state index >= 15 is 0 Å². The van der Waals surface area contributed by atoms with Crippen molar-refractivity contribution in [2.45, 2.75) is 25.9 Å². The Morgan fingerprint density at radius 1 is 1.17 bits per heavy atom. The lowest BCUT2D eigenvalue weighted by molar-refractivity contribution is 0.0591. The molecule has 1 aromatic heterocycles. The van der Waals surface area contributed by atoms with Crippen LogP contribution in [0, 0.1) is 18.6 Å². The molecule has 4 nitrogen and oxygen atoms in total. The van der Waals surface area contributed by atoms with E-state index in [1.807, 2.05) is 19.1 Å². The number of carbonyl (C=O) groups excluding carboxylic acids is 1. The summed E-state index contributed by atoms with van der Waals surface area (Å²) in [4.78, 5) is 19.9. The highest BCUT2D eigenvalue weighted by atomic mass is 35.5. The molecule has 0 spiro atoms. The van der Waals surface area contributed by atoms with Crippen LogP contribution in [-0.2, 0) is 0 Å². The molecule has 0 unspecified atom stereocenters. The first-order chi connectivity index (χ1) is 14.4. The monoisotopic (exact) mass is 448 g/mol. The second-order valence-corrected chi connectivity index (χ2v) is 8.56. The number of hydrogen-bond acceptors (Lipinski definition) is 4. The molecule has 0 saturated carbocycles. The van der Waals surface area contributed by atoms with Gasteiger partial charge in [0.1, 0.15) is 21.8 Å². The summed E-state index contributed by atoms with van der Waals surface area (Å²) in [6.07, 6.45) is 0.927. The molecule has 156 valence electrons. The normalized spacial score (nSPS) is 14.7. The highest BCUT2D eigenvalue weighted by Gasteiger charge is 2.28. The summed E-state index contributed by atoms with van der Waals surface area (Å²) < 4.78 is 32.5. The van der Waals surface area contributed by atoms with Gasteiger partial charge in [-0.05, 0) is 31.2 Å². The fourth-order valence-corrected chi connectivity index (χ4v) is 4.55. The molecule has 2 heterocycles. The summed E-state index contributed by atoms with van der Waals surface area (Å²) in [5, 5.41) is 1.42. The number of likely N-dealkylation sites (tertiary alicyclic amines) is 1. The van der Waals surface area contributed by atoms with E-state index in [4.69, 9.17) is 16.3 Å². The van der Waals surface area contributed by atoms with Crippen LogP contribution in [0.15, 0.2) is 42.5 Å². The zero-order valence-electron chi connectivity index (χ0n) is 16.2. The molecule has 30 heavy (non-hydrogen) atoms. The molecular weight excluding hydrogens is 430 g/mol. The van der Waals surface area contributed by atoms with Gasteiger partial charge in [0, 0.05) is 42.6 Å². The van der Waals surface area contributed by atoms with Crippen molar-refractivity contribution in [3.05, 3.63) is 69.7 Å². The highest BCUT2D eigenvalue weighted by molar-refractivity contribution is 7.17. The van der Waals surface area contributed by atoms with Gasteiger partial charge in [-0.25, -0.2) is 13.8 Å². The lowest BCUT2D eigenvalue weighted by Crippen LogP contribution is -2.41. The number of piperidine rings is 1. The Kier molecular flexibility index (Phi) is 6.01. The molecule has 4 rings (SSSR count). The molecule has 0 aliphatic carbocycles. The molecule has 3 aromatic rings. The van der Waals surface area contributed by atoms with Gasteiger partial charge in [0.15, 0.2) is 11.6 Å². The van der Waals surface area contributed by atoms with E-state index < -0.39 is 11.6 Å². The van der Waals surface area contributed by atoms with Gasteiger partial charge < -0.3 is 9.64 Å². The molecular formula is C22H19ClF2N2O2S. The van der Waals surface area contributed by atoms with E-state index in [-0.39, 0.29) is 17.8 Å². The van der Waals surface area contributed by atoms with Crippen LogP contribution in [0.2, 0.25) is 5.02 Å². The summed E-state index contributed by atoms with van der Waals surface area (Å²) in [6, 6.07) is 10.6. The second kappa shape index (κ2) is 8.70. The molecule has 1 saturated heterocycles. The summed E-state index contributed by atoms with van der Waals surface area (Å²) in [6.45, 7) is 2.83. The molecule has 8 heteroatoms. The topological polar surface area (TPSA) is 42.4 Å². The van der Waals surface area contributed by atoms with Crippen LogP contribution in [-0.4, -0.2) is 35.0 Å². The Morgan fingerprint density at radius 2 is 1.87 bits per heavy atom. The van der Waals surface area contributed by atoms with Crippen molar-refractivity contribution in [2.24, 2.45) is 0 Å². The number of aryl methyl sites for hydroxylation is 1. The minimum absolute atomic E-state index is 0.0343. The smallest absolute Gasteiger partial charge is 0.265 e. The van der Waals surface area contributed by atoms with Crippen LogP contribution in [0.5, 0.6) is 5.75 Å². The average Bonchev–Trinajstić information content (AvgIpc) is 3.12. The SMILES string of the molecule is Cc1nc(-c2ccc(Cl)cc2)sc1C(=O)N1CCC(Oc2ccc(F)cc2F)CC1. The van der Waals surface area contributed by atoms with E-state index in [1.165, 1.54) is 23.5 Å². The predicted octanol–water partition coefficient (Wildman–Crippen LogP) is 5.73. The molecule has 2 aromatic carbocycles. The third-order valence-electron chi connectivity index (χ3n) is 5.00. The minimum Gasteiger partial charge on any atom is -0.487 e. The third kappa shape index (κ3) is 4.47. The molecule has 0 radical (unpaired) electrons. The number of halogens is 3. The Morgan fingerprint density at radius 3 is 2.53 bits per heavy atom. The molecule has 0 N–H and O–H groups in total. The van der Waals surface area contributed by atoms with Gasteiger partial charge in [0.25, 0.3) is 5.91 Å². The van der Waals surface area contributed by atoms with Crippen LogP contribution in [0.3, 0.4) is 0 Å². The van der Waals surface area contributed by atoms with E-state index in [0.717, 1.165) is 16.6 Å². The predicted molar refractivity (Wildman–Crippen MR) is 113 cm³/mol. The summed E-state index contributed by atoms with van der Waals surface area (Å²) in [5.41, 5.74) is 1.61. The van der Waals surface area contributed by atoms with Crippen LogP contribution in [0.1, 0.15) is 28.2 Å². The fraction of sp³-hybridized carbons (Fsp3) is 0.273. The summed E-state index contributed by atoms with van der Waals surface area (Å²) >= 11 is 7.31. The summed E-state index contributed by atoms with van der Waals surface area (Å²) in [7, 11) is 0. The van der Waals surface area contributed by atoms with Gasteiger partial charge in [0.2, 0.25) is 0 Å². The number of hydrogen-bond donors (Lipinski definition) is 0. The lowest BCUT2D eigenvalue weighted by atomic mass is 10.1. The number of benzene rings is 2. The number of ether oxygens (including phenoxy) is 1. The molecule has 1 aliphatic heterocycles. The van der Waals surface area contributed by atoms with Gasteiger partial charge in [0.05, 0.1) is 5.69 Å². The van der Waals surface area contributed by atoms with Crippen LogP contribution >= 0.6 is 22.9 Å². The molecule has 1 amide bonds. The first-order valence-corrected chi connectivity index (χ1v) is 10.7. The number of thiazole rings is 1. The summed E-state index contributed by atoms with van der Waals surface area (Å²) in [5.74, 6) is -1.38. The first-order valence-electron chi connectivity index (χ1n) is 9.55. The zero-order valence-corrected chi connectivity index (χ0v) is 17.8. The maximum Gasteiger partial charge on any atom is 0.265 e. The van der Waals surface area contributed by atoms with E-state index in [1.54, 1.807) is 17.0 Å². The van der Waals surface area contributed by atoms with Gasteiger partial charge in [-0.15, -0.1) is 11.3 Å². The minimum atomic E-state index is -0.719. The van der Waals surface area contributed by atoms with Crippen LogP contribution in [0.4, 0.5) is 8.78 Å². The molecule has 0 atom stereocenters. The number of amides is 1. The Bertz CT molecular complexity index is 1060. The number of rotatable bonds is 4.